The van der Waals surface area contributed by atoms with Crippen LogP contribution in [0, 0.1) is 5.82 Å². The molecule has 36 heavy (non-hydrogen) atoms. The molecule has 0 spiro atoms. The Kier molecular flexibility index (Phi) is 5.06. The number of carbonyl (C=O) groups excluding carboxylic acids is 1. The fraction of sp³-hybridized carbons (Fsp3) is 0.185. The molecule has 6 rings (SSSR count). The maximum absolute atomic E-state index is 14.9. The Bertz CT molecular complexity index is 1610. The van der Waals surface area contributed by atoms with Crippen molar-refractivity contribution < 1.29 is 19.1 Å². The molecule has 1 saturated heterocycles. The van der Waals surface area contributed by atoms with Crippen LogP contribution in [0.25, 0.3) is 27.8 Å². The number of amides is 2. The standard InChI is InChI=1S/C27H21FN4O4/c28-22-12-16(6-9-19(22)23-14-32(23)27(35)36)15-3-1-4-18(11-15)31-13-21(26(34)30-17-7-8-17)24(33)20-5-2-10-29-25(20)31/h1-6,9-13,17,23H,7-8,14H2,(H,30,34)(H,35,36)/t23-,32?/m0/s1. The molecule has 0 bridgehead atoms. The summed E-state index contributed by atoms with van der Waals surface area (Å²) in [5.74, 6) is -0.882. The predicted octanol–water partition coefficient (Wildman–Crippen LogP) is 4.12. The molecule has 1 atom stereocenters. The zero-order chi connectivity index (χ0) is 25.0. The molecular weight excluding hydrogens is 463 g/mol. The molecule has 180 valence electrons. The van der Waals surface area contributed by atoms with Crippen molar-refractivity contribution in [1.29, 1.82) is 0 Å². The number of aromatic nitrogens is 2. The topological polar surface area (TPSA) is 104 Å². The quantitative estimate of drug-likeness (QED) is 0.415. The van der Waals surface area contributed by atoms with Crippen molar-refractivity contribution in [2.45, 2.75) is 24.9 Å². The number of nitrogens with one attached hydrogen (secondary N) is 1. The van der Waals surface area contributed by atoms with Crippen LogP contribution in [0.15, 0.2) is 71.8 Å². The van der Waals surface area contributed by atoms with Crippen molar-refractivity contribution in [2.75, 3.05) is 6.54 Å². The van der Waals surface area contributed by atoms with Gasteiger partial charge >= 0.3 is 6.09 Å². The van der Waals surface area contributed by atoms with Crippen LogP contribution in [0.4, 0.5) is 9.18 Å². The van der Waals surface area contributed by atoms with Crippen LogP contribution in [0.1, 0.15) is 34.8 Å². The smallest absolute Gasteiger partial charge is 0.407 e. The molecule has 1 saturated carbocycles. The second kappa shape index (κ2) is 8.30. The number of carbonyl (C=O) groups is 2. The molecule has 2 amide bonds. The van der Waals surface area contributed by atoms with Gasteiger partial charge in [0.25, 0.3) is 5.91 Å². The molecule has 0 radical (unpaired) electrons. The molecular formula is C27H21FN4O4. The molecule has 8 nitrogen and oxygen atoms in total. The maximum Gasteiger partial charge on any atom is 0.407 e. The Morgan fingerprint density at radius 1 is 1.06 bits per heavy atom. The number of rotatable bonds is 5. The van der Waals surface area contributed by atoms with Crippen LogP contribution in [0.5, 0.6) is 0 Å². The number of hydrogen-bond acceptors (Lipinski definition) is 4. The number of pyridine rings is 2. The van der Waals surface area contributed by atoms with E-state index in [-0.39, 0.29) is 23.6 Å². The van der Waals surface area contributed by atoms with E-state index in [9.17, 15) is 18.8 Å². The normalized spacial score (nSPS) is 16.7. The van der Waals surface area contributed by atoms with Crippen LogP contribution in [-0.2, 0) is 0 Å². The van der Waals surface area contributed by atoms with E-state index in [0.717, 1.165) is 18.4 Å². The lowest BCUT2D eigenvalue weighted by molar-refractivity contribution is 0.0949. The average molecular weight is 484 g/mol. The van der Waals surface area contributed by atoms with Gasteiger partial charge in [-0.3, -0.25) is 14.5 Å². The average Bonchev–Trinajstić information content (AvgIpc) is 3.80. The van der Waals surface area contributed by atoms with E-state index in [2.05, 4.69) is 10.3 Å². The van der Waals surface area contributed by atoms with E-state index >= 15 is 0 Å². The summed E-state index contributed by atoms with van der Waals surface area (Å²) in [6.07, 6.45) is 3.83. The molecule has 2 N–H and O–H groups in total. The van der Waals surface area contributed by atoms with E-state index < -0.39 is 23.9 Å². The van der Waals surface area contributed by atoms with Crippen molar-refractivity contribution in [3.05, 3.63) is 94.2 Å². The molecule has 2 fully saturated rings. The molecule has 1 aliphatic carbocycles. The molecule has 4 aromatic rings. The molecule has 0 unspecified atom stereocenters. The van der Waals surface area contributed by atoms with Gasteiger partial charge in [0.1, 0.15) is 17.0 Å². The van der Waals surface area contributed by atoms with Crippen molar-refractivity contribution in [2.24, 2.45) is 0 Å². The fourth-order valence-corrected chi connectivity index (χ4v) is 4.44. The highest BCUT2D eigenvalue weighted by atomic mass is 19.1. The monoisotopic (exact) mass is 484 g/mol. The summed E-state index contributed by atoms with van der Waals surface area (Å²) in [6.45, 7) is 0.282. The van der Waals surface area contributed by atoms with E-state index in [0.29, 0.717) is 27.8 Å². The second-order valence-corrected chi connectivity index (χ2v) is 9.10. The lowest BCUT2D eigenvalue weighted by Gasteiger charge is -2.14. The minimum absolute atomic E-state index is 0.0376. The van der Waals surface area contributed by atoms with Crippen molar-refractivity contribution in [3.63, 3.8) is 0 Å². The number of halogens is 1. The van der Waals surface area contributed by atoms with Crippen molar-refractivity contribution in [3.8, 4) is 16.8 Å². The lowest BCUT2D eigenvalue weighted by Crippen LogP contribution is -2.31. The van der Waals surface area contributed by atoms with Gasteiger partial charge in [0, 0.05) is 36.2 Å². The van der Waals surface area contributed by atoms with Gasteiger partial charge in [-0.2, -0.15) is 0 Å². The fourth-order valence-electron chi connectivity index (χ4n) is 4.44. The third-order valence-corrected chi connectivity index (χ3v) is 6.59. The highest BCUT2D eigenvalue weighted by Gasteiger charge is 2.41. The van der Waals surface area contributed by atoms with Gasteiger partial charge < -0.3 is 15.0 Å². The first kappa shape index (κ1) is 22.0. The lowest BCUT2D eigenvalue weighted by atomic mass is 10.0. The largest absolute Gasteiger partial charge is 0.465 e. The third-order valence-electron chi connectivity index (χ3n) is 6.59. The van der Waals surface area contributed by atoms with Crippen LogP contribution >= 0.6 is 0 Å². The number of nitrogens with zero attached hydrogens (tertiary/aromatic N) is 3. The molecule has 1 aliphatic heterocycles. The van der Waals surface area contributed by atoms with Crippen molar-refractivity contribution >= 4 is 23.0 Å². The molecule has 9 heteroatoms. The summed E-state index contributed by atoms with van der Waals surface area (Å²) in [5, 5.41) is 12.3. The number of hydrogen-bond donors (Lipinski definition) is 2. The Hall–Kier alpha value is -4.53. The molecule has 2 aliphatic rings. The number of benzene rings is 2. The van der Waals surface area contributed by atoms with Crippen LogP contribution in [0.3, 0.4) is 0 Å². The summed E-state index contributed by atoms with van der Waals surface area (Å²) >= 11 is 0. The summed E-state index contributed by atoms with van der Waals surface area (Å²) < 4.78 is 16.6. The minimum atomic E-state index is -1.07. The van der Waals surface area contributed by atoms with Gasteiger partial charge in [-0.25, -0.2) is 14.2 Å². The van der Waals surface area contributed by atoms with E-state index in [4.69, 9.17) is 5.11 Å². The second-order valence-electron chi connectivity index (χ2n) is 9.10. The van der Waals surface area contributed by atoms with Crippen LogP contribution in [0.2, 0.25) is 0 Å². The zero-order valence-corrected chi connectivity index (χ0v) is 19.0. The third kappa shape index (κ3) is 3.88. The molecule has 3 heterocycles. The minimum Gasteiger partial charge on any atom is -0.465 e. The van der Waals surface area contributed by atoms with E-state index in [1.54, 1.807) is 41.1 Å². The Labute approximate surface area is 204 Å². The summed E-state index contributed by atoms with van der Waals surface area (Å²) in [7, 11) is 0. The van der Waals surface area contributed by atoms with Gasteiger partial charge in [0.2, 0.25) is 5.43 Å². The predicted molar refractivity (Wildman–Crippen MR) is 131 cm³/mol. The van der Waals surface area contributed by atoms with Crippen LogP contribution in [-0.4, -0.2) is 44.1 Å². The summed E-state index contributed by atoms with van der Waals surface area (Å²) in [6, 6.07) is 15.0. The van der Waals surface area contributed by atoms with Crippen LogP contribution < -0.4 is 10.7 Å². The first-order valence-electron chi connectivity index (χ1n) is 11.6. The number of fused-ring (bicyclic) bond motifs is 1. The molecule has 2 aromatic carbocycles. The van der Waals surface area contributed by atoms with E-state index in [1.165, 1.54) is 17.2 Å². The highest BCUT2D eigenvalue weighted by molar-refractivity contribution is 5.97. The Morgan fingerprint density at radius 2 is 1.86 bits per heavy atom. The highest BCUT2D eigenvalue weighted by Crippen LogP contribution is 2.37. The maximum atomic E-state index is 14.9. The SMILES string of the molecule is O=C(NC1CC1)c1cn(-c2cccc(-c3ccc([C@@H]4CN4C(=O)O)c(F)c3)c2)c2ncccc2c1=O. The van der Waals surface area contributed by atoms with E-state index in [1.807, 2.05) is 18.2 Å². The van der Waals surface area contributed by atoms with Gasteiger partial charge in [-0.1, -0.05) is 24.3 Å². The van der Waals surface area contributed by atoms with Gasteiger partial charge in [-0.05, 0) is 54.3 Å². The van der Waals surface area contributed by atoms with Gasteiger partial charge in [0.05, 0.1) is 11.4 Å². The first-order valence-corrected chi connectivity index (χ1v) is 11.6. The zero-order valence-electron chi connectivity index (χ0n) is 19.0. The summed E-state index contributed by atoms with van der Waals surface area (Å²) in [4.78, 5) is 42.5. The van der Waals surface area contributed by atoms with Gasteiger partial charge in [0.15, 0.2) is 0 Å². The Morgan fingerprint density at radius 3 is 2.58 bits per heavy atom. The van der Waals surface area contributed by atoms with Crippen molar-refractivity contribution in [1.82, 2.24) is 19.8 Å². The number of carboxylic acid groups (broad SMARTS) is 1. The molecule has 2 aromatic heterocycles. The summed E-state index contributed by atoms with van der Waals surface area (Å²) in [5.41, 5.74) is 2.40. The Balaban J connectivity index is 1.41. The van der Waals surface area contributed by atoms with Gasteiger partial charge in [-0.15, -0.1) is 0 Å². The first-order chi connectivity index (χ1) is 17.4.